The molecule has 0 spiro atoms. The molecule has 4 nitrogen and oxygen atoms in total. The van der Waals surface area contributed by atoms with Crippen molar-refractivity contribution in [2.45, 2.75) is 20.8 Å². The maximum atomic E-state index is 12.1. The molecule has 5 heteroatoms. The quantitative estimate of drug-likeness (QED) is 0.834. The molecule has 0 heterocycles. The zero-order chi connectivity index (χ0) is 16.3. The number of hydrogen-bond donors (Lipinski definition) is 1. The molecule has 0 unspecified atom stereocenters. The normalized spacial score (nSPS) is 10.2. The monoisotopic (exact) mass is 363 g/mol. The third-order valence-electron chi connectivity index (χ3n) is 3.34. The highest BCUT2D eigenvalue weighted by Crippen LogP contribution is 2.29. The molecule has 1 N–H and O–H groups in total. The molecule has 0 bridgehead atoms. The first-order valence-electron chi connectivity index (χ1n) is 6.81. The number of hydrogen-bond acceptors (Lipinski definition) is 3. The van der Waals surface area contributed by atoms with Crippen molar-refractivity contribution in [3.63, 3.8) is 0 Å². The maximum absolute atomic E-state index is 12.1. The van der Waals surface area contributed by atoms with Crippen molar-refractivity contribution >= 4 is 27.7 Å². The van der Waals surface area contributed by atoms with Gasteiger partial charge in [-0.05, 0) is 77.7 Å². The molecule has 0 aromatic heterocycles. The third kappa shape index (κ3) is 3.80. The van der Waals surface area contributed by atoms with Gasteiger partial charge in [0.2, 0.25) is 0 Å². The minimum Gasteiger partial charge on any atom is -0.495 e. The molecule has 2 rings (SSSR count). The Morgan fingerprint density at radius 2 is 1.73 bits per heavy atom. The van der Waals surface area contributed by atoms with Crippen molar-refractivity contribution in [1.29, 1.82) is 0 Å². The number of amides is 1. The summed E-state index contributed by atoms with van der Waals surface area (Å²) in [5.74, 6) is 1.06. The Hall–Kier alpha value is -2.01. The lowest BCUT2D eigenvalue weighted by atomic mass is 10.1. The van der Waals surface area contributed by atoms with Crippen molar-refractivity contribution < 1.29 is 14.3 Å². The van der Waals surface area contributed by atoms with Crippen LogP contribution in [0.1, 0.15) is 16.7 Å². The molecule has 0 saturated carbocycles. The Labute approximate surface area is 138 Å². The summed E-state index contributed by atoms with van der Waals surface area (Å²) < 4.78 is 11.3. The van der Waals surface area contributed by atoms with Gasteiger partial charge in [0.05, 0.1) is 17.3 Å². The van der Waals surface area contributed by atoms with E-state index >= 15 is 0 Å². The summed E-state index contributed by atoms with van der Waals surface area (Å²) in [6.07, 6.45) is -0.562. The van der Waals surface area contributed by atoms with Crippen LogP contribution in [-0.4, -0.2) is 13.2 Å². The van der Waals surface area contributed by atoms with Gasteiger partial charge >= 0.3 is 6.09 Å². The molecule has 0 atom stereocenters. The number of benzene rings is 2. The summed E-state index contributed by atoms with van der Waals surface area (Å²) in [6, 6.07) is 9.29. The number of carbonyl (C=O) groups is 1. The summed E-state index contributed by atoms with van der Waals surface area (Å²) in [4.78, 5) is 12.1. The second-order valence-electron chi connectivity index (χ2n) is 5.09. The molecule has 22 heavy (non-hydrogen) atoms. The van der Waals surface area contributed by atoms with Gasteiger partial charge in [0, 0.05) is 0 Å². The third-order valence-corrected chi connectivity index (χ3v) is 3.96. The van der Waals surface area contributed by atoms with Gasteiger partial charge in [0.15, 0.2) is 0 Å². The van der Waals surface area contributed by atoms with Crippen molar-refractivity contribution in [3.8, 4) is 11.5 Å². The lowest BCUT2D eigenvalue weighted by Gasteiger charge is -2.13. The SMILES string of the molecule is COc1ccc(C)cc1NC(=O)Oc1cc(C)c(C)cc1Br. The molecule has 1 amide bonds. The van der Waals surface area contributed by atoms with Crippen LogP contribution in [0.4, 0.5) is 10.5 Å². The van der Waals surface area contributed by atoms with Gasteiger partial charge in [-0.2, -0.15) is 0 Å². The molecular formula is C17H18BrNO3. The Morgan fingerprint density at radius 3 is 2.41 bits per heavy atom. The number of carbonyl (C=O) groups excluding carboxylic acids is 1. The fourth-order valence-corrected chi connectivity index (χ4v) is 2.53. The van der Waals surface area contributed by atoms with Crippen LogP contribution in [0.3, 0.4) is 0 Å². The molecule has 0 aliphatic carbocycles. The predicted molar refractivity (Wildman–Crippen MR) is 91.0 cm³/mol. The fraction of sp³-hybridized carbons (Fsp3) is 0.235. The van der Waals surface area contributed by atoms with Gasteiger partial charge in [-0.15, -0.1) is 0 Å². The van der Waals surface area contributed by atoms with E-state index in [1.807, 2.05) is 45.0 Å². The topological polar surface area (TPSA) is 47.6 Å². The van der Waals surface area contributed by atoms with E-state index < -0.39 is 6.09 Å². The summed E-state index contributed by atoms with van der Waals surface area (Å²) in [5.41, 5.74) is 3.77. The Bertz CT molecular complexity index is 713. The van der Waals surface area contributed by atoms with Gasteiger partial charge in [-0.25, -0.2) is 4.79 Å². The standard InChI is InChI=1S/C17H18BrNO3/c1-10-5-6-15(21-4)14(7-10)19-17(20)22-16-9-12(3)11(2)8-13(16)18/h5-9H,1-4H3,(H,19,20). The van der Waals surface area contributed by atoms with Crippen LogP contribution in [0.25, 0.3) is 0 Å². The van der Waals surface area contributed by atoms with Crippen molar-refractivity contribution in [2.75, 3.05) is 12.4 Å². The van der Waals surface area contributed by atoms with Gasteiger partial charge < -0.3 is 9.47 Å². The van der Waals surface area contributed by atoms with Crippen LogP contribution in [0, 0.1) is 20.8 Å². The highest BCUT2D eigenvalue weighted by Gasteiger charge is 2.12. The lowest BCUT2D eigenvalue weighted by molar-refractivity contribution is 0.214. The molecule has 0 aliphatic heterocycles. The summed E-state index contributed by atoms with van der Waals surface area (Å²) in [7, 11) is 1.56. The van der Waals surface area contributed by atoms with Crippen LogP contribution in [0.5, 0.6) is 11.5 Å². The molecule has 2 aromatic rings. The number of ether oxygens (including phenoxy) is 2. The van der Waals surface area contributed by atoms with E-state index in [1.54, 1.807) is 13.2 Å². The smallest absolute Gasteiger partial charge is 0.417 e. The Kier molecular flexibility index (Phi) is 5.08. The first-order chi connectivity index (χ1) is 10.4. The minimum absolute atomic E-state index is 0.479. The van der Waals surface area contributed by atoms with Crippen LogP contribution >= 0.6 is 15.9 Å². The van der Waals surface area contributed by atoms with Gasteiger partial charge in [-0.3, -0.25) is 5.32 Å². The number of methoxy groups -OCH3 is 1. The zero-order valence-electron chi connectivity index (χ0n) is 13.0. The lowest BCUT2D eigenvalue weighted by Crippen LogP contribution is -2.17. The first kappa shape index (κ1) is 16.4. The fourth-order valence-electron chi connectivity index (χ4n) is 1.99. The highest BCUT2D eigenvalue weighted by molar-refractivity contribution is 9.10. The van der Waals surface area contributed by atoms with Gasteiger partial charge in [-0.1, -0.05) is 6.07 Å². The van der Waals surface area contributed by atoms with Crippen LogP contribution in [0.2, 0.25) is 0 Å². The average molecular weight is 364 g/mol. The van der Waals surface area contributed by atoms with Crippen molar-refractivity contribution in [3.05, 3.63) is 51.5 Å². The van der Waals surface area contributed by atoms with E-state index in [1.165, 1.54) is 0 Å². The highest BCUT2D eigenvalue weighted by atomic mass is 79.9. The number of aryl methyl sites for hydroxylation is 3. The zero-order valence-corrected chi connectivity index (χ0v) is 14.6. The minimum atomic E-state index is -0.562. The first-order valence-corrected chi connectivity index (χ1v) is 7.60. The molecule has 0 fully saturated rings. The number of anilines is 1. The summed E-state index contributed by atoms with van der Waals surface area (Å²) >= 11 is 3.41. The van der Waals surface area contributed by atoms with E-state index in [9.17, 15) is 4.79 Å². The number of rotatable bonds is 3. The second-order valence-corrected chi connectivity index (χ2v) is 5.94. The Balaban J connectivity index is 2.17. The van der Waals surface area contributed by atoms with Crippen molar-refractivity contribution in [1.82, 2.24) is 0 Å². The molecular weight excluding hydrogens is 346 g/mol. The van der Waals surface area contributed by atoms with E-state index in [4.69, 9.17) is 9.47 Å². The molecule has 0 radical (unpaired) electrons. The van der Waals surface area contributed by atoms with E-state index in [0.717, 1.165) is 21.2 Å². The van der Waals surface area contributed by atoms with Gasteiger partial charge in [0.1, 0.15) is 11.5 Å². The van der Waals surface area contributed by atoms with Gasteiger partial charge in [0.25, 0.3) is 0 Å². The summed E-state index contributed by atoms with van der Waals surface area (Å²) in [6.45, 7) is 5.91. The second kappa shape index (κ2) is 6.83. The molecule has 116 valence electrons. The van der Waals surface area contributed by atoms with Crippen molar-refractivity contribution in [2.24, 2.45) is 0 Å². The number of halogens is 1. The molecule has 0 aliphatic rings. The van der Waals surface area contributed by atoms with Crippen LogP contribution in [-0.2, 0) is 0 Å². The van der Waals surface area contributed by atoms with E-state index in [2.05, 4.69) is 21.2 Å². The average Bonchev–Trinajstić information content (AvgIpc) is 2.45. The largest absolute Gasteiger partial charge is 0.495 e. The Morgan fingerprint density at radius 1 is 1.05 bits per heavy atom. The van der Waals surface area contributed by atoms with E-state index in [0.29, 0.717) is 17.2 Å². The summed E-state index contributed by atoms with van der Waals surface area (Å²) in [5, 5.41) is 2.71. The molecule has 0 saturated heterocycles. The predicted octanol–water partition coefficient (Wildman–Crippen LogP) is 4.99. The van der Waals surface area contributed by atoms with Crippen LogP contribution < -0.4 is 14.8 Å². The number of nitrogens with one attached hydrogen (secondary N) is 1. The van der Waals surface area contributed by atoms with E-state index in [-0.39, 0.29) is 0 Å². The van der Waals surface area contributed by atoms with Crippen LogP contribution in [0.15, 0.2) is 34.8 Å². The maximum Gasteiger partial charge on any atom is 0.417 e. The molecule has 2 aromatic carbocycles.